The molecule has 0 aliphatic carbocycles. The number of halogens is 1. The Bertz CT molecular complexity index is 661. The molecule has 118 valence electrons. The monoisotopic (exact) mass is 352 g/mol. The van der Waals surface area contributed by atoms with Gasteiger partial charge in [-0.3, -0.25) is 9.00 Å². The molecule has 0 aliphatic heterocycles. The normalized spacial score (nSPS) is 14.5. The smallest absolute Gasteiger partial charge is 0.251 e. The maximum absolute atomic E-state index is 11.9. The van der Waals surface area contributed by atoms with Gasteiger partial charge in [0.15, 0.2) is 0 Å². The van der Waals surface area contributed by atoms with Gasteiger partial charge in [0.2, 0.25) is 10.0 Å². The van der Waals surface area contributed by atoms with Crippen molar-refractivity contribution in [2.24, 2.45) is 5.14 Å². The highest BCUT2D eigenvalue weighted by atomic mass is 35.5. The molecule has 0 aromatic heterocycles. The highest BCUT2D eigenvalue weighted by Gasteiger charge is 2.14. The van der Waals surface area contributed by atoms with Crippen molar-refractivity contribution in [3.8, 4) is 0 Å². The number of hydrogen-bond acceptors (Lipinski definition) is 4. The van der Waals surface area contributed by atoms with Gasteiger partial charge < -0.3 is 5.32 Å². The van der Waals surface area contributed by atoms with Crippen LogP contribution in [0.15, 0.2) is 23.1 Å². The van der Waals surface area contributed by atoms with E-state index in [1.807, 2.05) is 6.92 Å². The summed E-state index contributed by atoms with van der Waals surface area (Å²) in [7, 11) is -4.89. The molecule has 0 aliphatic rings. The van der Waals surface area contributed by atoms with Crippen LogP contribution in [-0.2, 0) is 20.8 Å². The number of sulfonamides is 1. The Labute approximate surface area is 131 Å². The number of amides is 1. The molecule has 1 rings (SSSR count). The molecule has 1 aromatic rings. The summed E-state index contributed by atoms with van der Waals surface area (Å²) in [6, 6.07) is 3.70. The largest absolute Gasteiger partial charge is 0.352 e. The molecule has 6 nitrogen and oxygen atoms in total. The van der Waals surface area contributed by atoms with E-state index < -0.39 is 26.7 Å². The fourth-order valence-corrected chi connectivity index (χ4v) is 2.85. The molecule has 0 heterocycles. The molecule has 21 heavy (non-hydrogen) atoms. The maximum atomic E-state index is 11.9. The second kappa shape index (κ2) is 7.35. The van der Waals surface area contributed by atoms with Crippen LogP contribution in [0.4, 0.5) is 0 Å². The van der Waals surface area contributed by atoms with E-state index in [0.29, 0.717) is 13.0 Å². The van der Waals surface area contributed by atoms with Crippen molar-refractivity contribution in [2.45, 2.75) is 23.5 Å². The fraction of sp³-hybridized carbons (Fsp3) is 0.417. The molecule has 3 N–H and O–H groups in total. The Morgan fingerprint density at radius 3 is 2.57 bits per heavy atom. The lowest BCUT2D eigenvalue weighted by molar-refractivity contribution is 0.0953. The van der Waals surface area contributed by atoms with E-state index in [1.54, 1.807) is 6.26 Å². The molecular weight excluding hydrogens is 336 g/mol. The lowest BCUT2D eigenvalue weighted by atomic mass is 10.2. The van der Waals surface area contributed by atoms with E-state index in [2.05, 4.69) is 5.32 Å². The Kier molecular flexibility index (Phi) is 6.33. The van der Waals surface area contributed by atoms with Crippen LogP contribution >= 0.6 is 11.6 Å². The Morgan fingerprint density at radius 2 is 2.05 bits per heavy atom. The third kappa shape index (κ3) is 5.74. The molecule has 2 atom stereocenters. The van der Waals surface area contributed by atoms with Gasteiger partial charge in [-0.05, 0) is 24.6 Å². The number of nitrogens with one attached hydrogen (secondary N) is 1. The van der Waals surface area contributed by atoms with E-state index in [4.69, 9.17) is 16.7 Å². The van der Waals surface area contributed by atoms with Crippen molar-refractivity contribution in [1.29, 1.82) is 0 Å². The van der Waals surface area contributed by atoms with E-state index in [9.17, 15) is 17.4 Å². The Balaban J connectivity index is 2.79. The minimum Gasteiger partial charge on any atom is -0.352 e. The molecule has 0 saturated heterocycles. The predicted molar refractivity (Wildman–Crippen MR) is 83.3 cm³/mol. The average molecular weight is 353 g/mol. The minimum atomic E-state index is -3.93. The second-order valence-corrected chi connectivity index (χ2v) is 8.37. The lowest BCUT2D eigenvalue weighted by Crippen LogP contribution is -2.27. The van der Waals surface area contributed by atoms with Gasteiger partial charge in [-0.15, -0.1) is 0 Å². The maximum Gasteiger partial charge on any atom is 0.251 e. The number of benzene rings is 1. The van der Waals surface area contributed by atoms with Crippen molar-refractivity contribution < 1.29 is 17.4 Å². The molecule has 9 heteroatoms. The summed E-state index contributed by atoms with van der Waals surface area (Å²) < 4.78 is 33.8. The summed E-state index contributed by atoms with van der Waals surface area (Å²) in [5.74, 6) is -0.462. The lowest BCUT2D eigenvalue weighted by Gasteiger charge is -2.10. The van der Waals surface area contributed by atoms with Gasteiger partial charge in [-0.1, -0.05) is 18.5 Å². The number of rotatable bonds is 6. The van der Waals surface area contributed by atoms with Crippen molar-refractivity contribution >= 4 is 38.3 Å². The minimum absolute atomic E-state index is 0.0374. The molecule has 2 unspecified atom stereocenters. The quantitative estimate of drug-likeness (QED) is 0.792. The molecule has 0 spiro atoms. The van der Waals surface area contributed by atoms with Gasteiger partial charge in [-0.2, -0.15) is 0 Å². The number of hydrogen-bond donors (Lipinski definition) is 2. The average Bonchev–Trinajstić information content (AvgIpc) is 2.36. The second-order valence-electron chi connectivity index (χ2n) is 4.57. The standard InChI is InChI=1S/C12H17ClN2O4S2/c1-8(20(2)17)3-4-15-12(16)9-5-10(13)7-11(6-9)21(14,18)19/h5-8H,3-4H2,1-2H3,(H,15,16)(H2,14,18,19). The van der Waals surface area contributed by atoms with Gasteiger partial charge in [0.1, 0.15) is 0 Å². The summed E-state index contributed by atoms with van der Waals surface area (Å²) in [4.78, 5) is 11.7. The summed E-state index contributed by atoms with van der Waals surface area (Å²) in [6.07, 6.45) is 2.15. The van der Waals surface area contributed by atoms with E-state index in [1.165, 1.54) is 12.1 Å². The first kappa shape index (κ1) is 18.1. The van der Waals surface area contributed by atoms with Crippen LogP contribution in [0.2, 0.25) is 5.02 Å². The first-order valence-corrected chi connectivity index (χ1v) is 9.59. The molecule has 0 radical (unpaired) electrons. The van der Waals surface area contributed by atoms with Crippen LogP contribution in [0.1, 0.15) is 23.7 Å². The molecule has 0 bridgehead atoms. The van der Waals surface area contributed by atoms with Crippen LogP contribution in [0.3, 0.4) is 0 Å². The first-order valence-electron chi connectivity index (χ1n) is 6.05. The zero-order chi connectivity index (χ0) is 16.2. The number of nitrogens with two attached hydrogens (primary N) is 1. The highest BCUT2D eigenvalue weighted by Crippen LogP contribution is 2.18. The number of carbonyl (C=O) groups excluding carboxylic acids is 1. The van der Waals surface area contributed by atoms with Gasteiger partial charge in [0.25, 0.3) is 5.91 Å². The van der Waals surface area contributed by atoms with Crippen molar-refractivity contribution in [3.63, 3.8) is 0 Å². The van der Waals surface area contributed by atoms with Crippen molar-refractivity contribution in [1.82, 2.24) is 5.32 Å². The van der Waals surface area contributed by atoms with E-state index in [-0.39, 0.29) is 20.7 Å². The predicted octanol–water partition coefficient (Wildman–Crippen LogP) is 0.874. The number of carbonyl (C=O) groups is 1. The summed E-state index contributed by atoms with van der Waals surface area (Å²) >= 11 is 5.79. The third-order valence-electron chi connectivity index (χ3n) is 2.87. The topological polar surface area (TPSA) is 106 Å². The molecular formula is C12H17ClN2O4S2. The summed E-state index contributed by atoms with van der Waals surface area (Å²) in [5, 5.41) is 7.71. The number of primary sulfonamides is 1. The molecule has 1 aromatic carbocycles. The Hall–Kier alpha value is -0.960. The van der Waals surface area contributed by atoms with Crippen LogP contribution in [-0.4, -0.2) is 36.6 Å². The van der Waals surface area contributed by atoms with Crippen LogP contribution in [0.5, 0.6) is 0 Å². The Morgan fingerprint density at radius 1 is 1.43 bits per heavy atom. The summed E-state index contributed by atoms with van der Waals surface area (Å²) in [5.41, 5.74) is 0.108. The van der Waals surface area contributed by atoms with Gasteiger partial charge in [-0.25, -0.2) is 13.6 Å². The van der Waals surface area contributed by atoms with Gasteiger partial charge in [0, 0.05) is 39.4 Å². The van der Waals surface area contributed by atoms with Crippen molar-refractivity contribution in [2.75, 3.05) is 12.8 Å². The SMILES string of the molecule is CC(CCNC(=O)c1cc(Cl)cc(S(N)(=O)=O)c1)S(C)=O. The van der Waals surface area contributed by atoms with Crippen molar-refractivity contribution in [3.05, 3.63) is 28.8 Å². The zero-order valence-corrected chi connectivity index (χ0v) is 14.0. The van der Waals surface area contributed by atoms with Crippen LogP contribution in [0, 0.1) is 0 Å². The zero-order valence-electron chi connectivity index (χ0n) is 11.6. The fourth-order valence-electron chi connectivity index (χ4n) is 1.52. The highest BCUT2D eigenvalue weighted by molar-refractivity contribution is 7.89. The third-order valence-corrected chi connectivity index (χ3v) is 5.35. The molecule has 1 amide bonds. The van der Waals surface area contributed by atoms with E-state index >= 15 is 0 Å². The molecule has 0 saturated carbocycles. The van der Waals surface area contributed by atoms with E-state index in [0.717, 1.165) is 6.07 Å². The van der Waals surface area contributed by atoms with Crippen LogP contribution in [0.25, 0.3) is 0 Å². The van der Waals surface area contributed by atoms with Crippen LogP contribution < -0.4 is 10.5 Å². The summed E-state index contributed by atoms with van der Waals surface area (Å²) in [6.45, 7) is 2.15. The first-order chi connectivity index (χ1) is 9.61. The molecule has 0 fully saturated rings. The van der Waals surface area contributed by atoms with Gasteiger partial charge in [0.05, 0.1) is 4.90 Å². The van der Waals surface area contributed by atoms with Gasteiger partial charge >= 0.3 is 0 Å².